The molecule has 140 valence electrons. The van der Waals surface area contributed by atoms with Gasteiger partial charge >= 0.3 is 0 Å². The number of carbonyl (C=O) groups is 1. The molecule has 1 amide bonds. The number of pyridine rings is 2. The quantitative estimate of drug-likeness (QED) is 0.770. The summed E-state index contributed by atoms with van der Waals surface area (Å²) >= 11 is 0. The maximum Gasteiger partial charge on any atom is 0.244 e. The summed E-state index contributed by atoms with van der Waals surface area (Å²) in [5.74, 6) is 2.35. The fourth-order valence-electron chi connectivity index (χ4n) is 4.35. The lowest BCUT2D eigenvalue weighted by molar-refractivity contribution is -0.116. The van der Waals surface area contributed by atoms with Crippen LogP contribution in [0.2, 0.25) is 0 Å². The summed E-state index contributed by atoms with van der Waals surface area (Å²) in [5.41, 5.74) is 2.28. The van der Waals surface area contributed by atoms with Crippen molar-refractivity contribution in [2.45, 2.75) is 19.4 Å². The first kappa shape index (κ1) is 17.9. The largest absolute Gasteiger partial charge is 0.353 e. The second-order valence-electron chi connectivity index (χ2n) is 7.60. The minimum atomic E-state index is -0.0300. The van der Waals surface area contributed by atoms with Gasteiger partial charge in [0.25, 0.3) is 0 Å². The number of hydrogen-bond donors (Lipinski definition) is 1. The predicted octanol–water partition coefficient (Wildman–Crippen LogP) is 2.94. The van der Waals surface area contributed by atoms with Crippen LogP contribution in [0.15, 0.2) is 55.1 Å². The lowest BCUT2D eigenvalue weighted by Gasteiger charge is -2.27. The number of amides is 1. The Kier molecular flexibility index (Phi) is 5.30. The molecule has 2 fully saturated rings. The van der Waals surface area contributed by atoms with E-state index < -0.39 is 0 Å². The van der Waals surface area contributed by atoms with Crippen molar-refractivity contribution in [3.05, 3.63) is 66.3 Å². The van der Waals surface area contributed by atoms with Crippen LogP contribution >= 0.6 is 0 Å². The van der Waals surface area contributed by atoms with E-state index in [1.807, 2.05) is 24.5 Å². The number of piperidine rings is 1. The van der Waals surface area contributed by atoms with Crippen LogP contribution in [0, 0.1) is 17.8 Å². The highest BCUT2D eigenvalue weighted by molar-refractivity contribution is 5.91. The van der Waals surface area contributed by atoms with Gasteiger partial charge in [-0.2, -0.15) is 0 Å². The van der Waals surface area contributed by atoms with Crippen molar-refractivity contribution < 1.29 is 4.79 Å². The van der Waals surface area contributed by atoms with Crippen LogP contribution in [0.25, 0.3) is 6.08 Å². The maximum absolute atomic E-state index is 11.9. The van der Waals surface area contributed by atoms with Gasteiger partial charge in [0.2, 0.25) is 5.91 Å². The lowest BCUT2D eigenvalue weighted by Crippen LogP contribution is -2.29. The van der Waals surface area contributed by atoms with Crippen LogP contribution in [0.1, 0.15) is 30.5 Å². The number of likely N-dealkylation sites (tertiary alicyclic amines) is 1. The number of nitrogens with one attached hydrogen (secondary N) is 1. The summed E-state index contributed by atoms with van der Waals surface area (Å²) in [7, 11) is 0. The molecule has 0 bridgehead atoms. The highest BCUT2D eigenvalue weighted by Crippen LogP contribution is 2.54. The average Bonchev–Trinajstić information content (AvgIpc) is 3.16. The van der Waals surface area contributed by atoms with Gasteiger partial charge in [-0.25, -0.2) is 0 Å². The first-order chi connectivity index (χ1) is 13.2. The van der Waals surface area contributed by atoms with Crippen molar-refractivity contribution >= 4 is 12.0 Å². The van der Waals surface area contributed by atoms with Gasteiger partial charge in [-0.05, 0) is 66.5 Å². The molecular weight excluding hydrogens is 336 g/mol. The second kappa shape index (κ2) is 8.01. The van der Waals surface area contributed by atoms with E-state index >= 15 is 0 Å². The topological polar surface area (TPSA) is 58.1 Å². The monoisotopic (exact) mass is 362 g/mol. The Morgan fingerprint density at radius 2 is 2.00 bits per heavy atom. The van der Waals surface area contributed by atoms with Crippen LogP contribution in [0.5, 0.6) is 0 Å². The third-order valence-electron chi connectivity index (χ3n) is 6.02. The lowest BCUT2D eigenvalue weighted by atomic mass is 10.1. The first-order valence-corrected chi connectivity index (χ1v) is 9.72. The summed E-state index contributed by atoms with van der Waals surface area (Å²) in [6.07, 6.45) is 11.7. The average molecular weight is 362 g/mol. The Hall–Kier alpha value is -2.53. The van der Waals surface area contributed by atoms with Crippen LogP contribution in [-0.2, 0) is 4.79 Å². The molecule has 27 heavy (non-hydrogen) atoms. The van der Waals surface area contributed by atoms with Gasteiger partial charge in [0.05, 0.1) is 0 Å². The first-order valence-electron chi connectivity index (χ1n) is 9.72. The fraction of sp³-hybridized carbons (Fsp3) is 0.409. The fourth-order valence-corrected chi connectivity index (χ4v) is 4.35. The summed E-state index contributed by atoms with van der Waals surface area (Å²) < 4.78 is 0. The zero-order valence-electron chi connectivity index (χ0n) is 15.7. The molecule has 1 aliphatic carbocycles. The van der Waals surface area contributed by atoms with Crippen LogP contribution in [0.3, 0.4) is 0 Å². The zero-order valence-corrected chi connectivity index (χ0v) is 15.7. The molecule has 2 unspecified atom stereocenters. The van der Waals surface area contributed by atoms with Gasteiger partial charge in [-0.15, -0.1) is 0 Å². The standard InChI is InChI=1S/C22H26N4O/c1-16(18-6-10-23-11-7-18)26-14-20-19(21(20)15-26)8-12-25-22(27)5-4-17-3-2-9-24-13-17/h2-7,9-11,13,16,19-21H,8,12,14-15H2,1H3,(H,25,27)/b5-4+/t16?,19?,20-,21+. The number of carbonyl (C=O) groups excluding carboxylic acids is 1. The molecule has 5 heteroatoms. The number of rotatable bonds is 7. The number of aromatic nitrogens is 2. The van der Waals surface area contributed by atoms with E-state index in [1.165, 1.54) is 18.7 Å². The summed E-state index contributed by atoms with van der Waals surface area (Å²) in [6.45, 7) is 5.39. The third kappa shape index (κ3) is 4.25. The van der Waals surface area contributed by atoms with Crippen LogP contribution < -0.4 is 5.32 Å². The highest BCUT2D eigenvalue weighted by Gasteiger charge is 2.55. The van der Waals surface area contributed by atoms with Crippen molar-refractivity contribution in [1.82, 2.24) is 20.2 Å². The normalized spacial score (nSPS) is 25.3. The molecule has 4 rings (SSSR count). The Morgan fingerprint density at radius 1 is 1.22 bits per heavy atom. The third-order valence-corrected chi connectivity index (χ3v) is 6.02. The van der Waals surface area contributed by atoms with E-state index in [2.05, 4.69) is 39.2 Å². The van der Waals surface area contributed by atoms with Crippen LogP contribution in [0.4, 0.5) is 0 Å². The minimum Gasteiger partial charge on any atom is -0.353 e. The van der Waals surface area contributed by atoms with E-state index in [0.717, 1.165) is 36.3 Å². The van der Waals surface area contributed by atoms with Gasteiger partial charge in [-0.1, -0.05) is 6.07 Å². The van der Waals surface area contributed by atoms with Crippen molar-refractivity contribution in [3.63, 3.8) is 0 Å². The van der Waals surface area contributed by atoms with Crippen molar-refractivity contribution in [2.75, 3.05) is 19.6 Å². The van der Waals surface area contributed by atoms with E-state index in [9.17, 15) is 4.79 Å². The molecule has 3 heterocycles. The van der Waals surface area contributed by atoms with E-state index in [1.54, 1.807) is 24.5 Å². The Balaban J connectivity index is 1.16. The van der Waals surface area contributed by atoms with Gasteiger partial charge in [0.1, 0.15) is 0 Å². The smallest absolute Gasteiger partial charge is 0.244 e. The molecule has 2 aliphatic rings. The molecule has 0 spiro atoms. The van der Waals surface area contributed by atoms with Crippen molar-refractivity contribution in [2.24, 2.45) is 17.8 Å². The molecule has 2 aromatic rings. The van der Waals surface area contributed by atoms with Crippen molar-refractivity contribution in [3.8, 4) is 0 Å². The SMILES string of the molecule is CC(c1ccncc1)N1C[C@@H]2C(CCNC(=O)/C=C/c3cccnc3)[C@@H]2C1. The Morgan fingerprint density at radius 3 is 2.70 bits per heavy atom. The second-order valence-corrected chi connectivity index (χ2v) is 7.60. The van der Waals surface area contributed by atoms with Gasteiger partial charge in [0, 0.05) is 56.5 Å². The number of nitrogens with zero attached hydrogens (tertiary/aromatic N) is 3. The van der Waals surface area contributed by atoms with Crippen LogP contribution in [-0.4, -0.2) is 40.4 Å². The number of hydrogen-bond acceptors (Lipinski definition) is 4. The molecule has 5 nitrogen and oxygen atoms in total. The van der Waals surface area contributed by atoms with Gasteiger partial charge in [0.15, 0.2) is 0 Å². The Labute approximate surface area is 160 Å². The van der Waals surface area contributed by atoms with E-state index in [0.29, 0.717) is 6.04 Å². The van der Waals surface area contributed by atoms with E-state index in [4.69, 9.17) is 0 Å². The molecule has 1 saturated carbocycles. The van der Waals surface area contributed by atoms with Crippen molar-refractivity contribution in [1.29, 1.82) is 0 Å². The molecule has 0 aromatic carbocycles. The predicted molar refractivity (Wildman–Crippen MR) is 106 cm³/mol. The molecule has 2 aromatic heterocycles. The Bertz CT molecular complexity index is 780. The minimum absolute atomic E-state index is 0.0300. The molecule has 4 atom stereocenters. The molecule has 1 N–H and O–H groups in total. The summed E-state index contributed by atoms with van der Waals surface area (Å²) in [6, 6.07) is 8.48. The maximum atomic E-state index is 11.9. The van der Waals surface area contributed by atoms with Gasteiger partial charge in [-0.3, -0.25) is 19.7 Å². The molecule has 0 radical (unpaired) electrons. The number of fused-ring (bicyclic) bond motifs is 1. The molecule has 1 saturated heterocycles. The molecular formula is C22H26N4O. The van der Waals surface area contributed by atoms with Gasteiger partial charge < -0.3 is 5.32 Å². The zero-order chi connectivity index (χ0) is 18.6. The highest BCUT2D eigenvalue weighted by atomic mass is 16.1. The summed E-state index contributed by atoms with van der Waals surface area (Å²) in [5, 5.41) is 3.01. The van der Waals surface area contributed by atoms with E-state index in [-0.39, 0.29) is 5.91 Å². The molecule has 1 aliphatic heterocycles. The summed E-state index contributed by atoms with van der Waals surface area (Å²) in [4.78, 5) is 22.7.